The van der Waals surface area contributed by atoms with E-state index in [-0.39, 0.29) is 18.8 Å². The lowest BCUT2D eigenvalue weighted by atomic mass is 9.97. The standard InChI is InChI=1S/C42H68N10O14/c1-6-23(4)34(41(64)51-31(21-54)42(65)66)52-40(63)30(20-53)50-35(58)24(5)46-38(61)27(16-22(2)3)49-39(62)29(18-33(56)57)47-32(55)19-45-37(60)28(17-25-12-8-7-9-13-25)48-36(59)26(44)14-10-11-15-43/h7-9,12-13,22-24,26-31,34,53-54H,6,10-11,14-21,43-44H2,1-5H3,(H,45,60)(H,46,61)(H,47,55)(H,48,59)(H,49,62)(H,50,58)(H,51,64)(H,52,63)(H,56,57)(H,65,66)/t23-,24-,26-,27-,28-,29-,30-,31-,34-/m0/s1. The number of nitrogens with one attached hydrogen (secondary N) is 8. The second-order valence-corrected chi connectivity index (χ2v) is 16.2. The fourth-order valence-corrected chi connectivity index (χ4v) is 6.15. The fourth-order valence-electron chi connectivity index (χ4n) is 6.15. The van der Waals surface area contributed by atoms with E-state index in [2.05, 4.69) is 42.5 Å². The van der Waals surface area contributed by atoms with E-state index in [1.807, 2.05) is 0 Å². The van der Waals surface area contributed by atoms with Crippen molar-refractivity contribution in [3.05, 3.63) is 35.9 Å². The van der Waals surface area contributed by atoms with Crippen LogP contribution < -0.4 is 54.0 Å². The third kappa shape index (κ3) is 21.2. The minimum Gasteiger partial charge on any atom is -0.481 e. The Bertz CT molecular complexity index is 1800. The van der Waals surface area contributed by atoms with Gasteiger partial charge in [-0.1, -0.05) is 70.9 Å². The molecule has 1 aromatic rings. The van der Waals surface area contributed by atoms with Crippen LogP contribution in [0.5, 0.6) is 0 Å². The average molecular weight is 937 g/mol. The molecule has 0 bridgehead atoms. The third-order valence-corrected chi connectivity index (χ3v) is 10.2. The van der Waals surface area contributed by atoms with E-state index in [1.54, 1.807) is 58.0 Å². The highest BCUT2D eigenvalue weighted by Crippen LogP contribution is 2.11. The summed E-state index contributed by atoms with van der Waals surface area (Å²) in [5, 5.41) is 56.8. The molecule has 0 fully saturated rings. The summed E-state index contributed by atoms with van der Waals surface area (Å²) in [5.74, 6) is -11.2. The lowest BCUT2D eigenvalue weighted by molar-refractivity contribution is -0.143. The van der Waals surface area contributed by atoms with Crippen molar-refractivity contribution >= 4 is 59.2 Å². The Morgan fingerprint density at radius 2 is 1.18 bits per heavy atom. The zero-order chi connectivity index (χ0) is 50.1. The quantitative estimate of drug-likeness (QED) is 0.0314. The van der Waals surface area contributed by atoms with E-state index in [4.69, 9.17) is 11.5 Å². The van der Waals surface area contributed by atoms with E-state index in [0.29, 0.717) is 37.8 Å². The fraction of sp³-hybridized carbons (Fsp3) is 0.619. The monoisotopic (exact) mass is 936 g/mol. The second-order valence-electron chi connectivity index (χ2n) is 16.2. The number of carbonyl (C=O) groups excluding carboxylic acids is 8. The minimum atomic E-state index is -1.76. The summed E-state index contributed by atoms with van der Waals surface area (Å²) in [4.78, 5) is 129. The number of aliphatic hydroxyl groups excluding tert-OH is 2. The lowest BCUT2D eigenvalue weighted by Crippen LogP contribution is -2.61. The molecule has 0 aliphatic rings. The van der Waals surface area contributed by atoms with Crippen molar-refractivity contribution in [3.63, 3.8) is 0 Å². The first-order valence-electron chi connectivity index (χ1n) is 21.6. The number of nitrogens with two attached hydrogens (primary N) is 2. The highest BCUT2D eigenvalue weighted by atomic mass is 16.4. The van der Waals surface area contributed by atoms with Gasteiger partial charge in [0.15, 0.2) is 0 Å². The third-order valence-electron chi connectivity index (χ3n) is 10.2. The van der Waals surface area contributed by atoms with Gasteiger partial charge in [-0.15, -0.1) is 0 Å². The molecule has 8 amide bonds. The van der Waals surface area contributed by atoms with Gasteiger partial charge in [-0.05, 0) is 50.1 Å². The van der Waals surface area contributed by atoms with Crippen molar-refractivity contribution in [3.8, 4) is 0 Å². The van der Waals surface area contributed by atoms with E-state index in [0.717, 1.165) is 0 Å². The minimum absolute atomic E-state index is 0.0278. The van der Waals surface area contributed by atoms with Crippen LogP contribution >= 0.6 is 0 Å². The number of hydrogen-bond donors (Lipinski definition) is 14. The van der Waals surface area contributed by atoms with E-state index >= 15 is 0 Å². The largest absolute Gasteiger partial charge is 0.481 e. The molecule has 0 heterocycles. The Morgan fingerprint density at radius 1 is 0.621 bits per heavy atom. The van der Waals surface area contributed by atoms with Crippen LogP contribution in [0.2, 0.25) is 0 Å². The molecule has 1 rings (SSSR count). The molecule has 370 valence electrons. The molecule has 0 aromatic heterocycles. The molecule has 0 aliphatic heterocycles. The van der Waals surface area contributed by atoms with Crippen LogP contribution in [0.25, 0.3) is 0 Å². The molecule has 0 unspecified atom stereocenters. The van der Waals surface area contributed by atoms with Crippen molar-refractivity contribution in [1.82, 2.24) is 42.5 Å². The lowest BCUT2D eigenvalue weighted by Gasteiger charge is -2.28. The number of carbonyl (C=O) groups is 10. The van der Waals surface area contributed by atoms with Crippen LogP contribution in [-0.4, -0.2) is 154 Å². The molecule has 0 saturated heterocycles. The molecular weight excluding hydrogens is 869 g/mol. The number of rotatable bonds is 31. The van der Waals surface area contributed by atoms with Crippen molar-refractivity contribution in [1.29, 1.82) is 0 Å². The summed E-state index contributed by atoms with van der Waals surface area (Å²) >= 11 is 0. The second kappa shape index (κ2) is 30.1. The predicted octanol–water partition coefficient (Wildman–Crippen LogP) is -4.15. The summed E-state index contributed by atoms with van der Waals surface area (Å²) < 4.78 is 0. The molecule has 9 atom stereocenters. The number of carboxylic acids is 2. The maximum absolute atomic E-state index is 13.5. The molecule has 24 nitrogen and oxygen atoms in total. The molecule has 16 N–H and O–H groups in total. The molecule has 0 aliphatic carbocycles. The number of amides is 8. The summed E-state index contributed by atoms with van der Waals surface area (Å²) in [6.45, 7) is 5.65. The number of unbranched alkanes of at least 4 members (excludes halogenated alkanes) is 1. The summed E-state index contributed by atoms with van der Waals surface area (Å²) in [5.41, 5.74) is 12.2. The van der Waals surface area contributed by atoms with Gasteiger partial charge in [-0.3, -0.25) is 43.2 Å². The van der Waals surface area contributed by atoms with Gasteiger partial charge >= 0.3 is 11.9 Å². The first kappa shape index (κ1) is 57.8. The Labute approximate surface area is 382 Å². The van der Waals surface area contributed by atoms with Gasteiger partial charge in [0.25, 0.3) is 0 Å². The molecule has 1 aromatic carbocycles. The van der Waals surface area contributed by atoms with Crippen LogP contribution in [0, 0.1) is 11.8 Å². The molecule has 0 spiro atoms. The van der Waals surface area contributed by atoms with Gasteiger partial charge < -0.3 is 74.4 Å². The van der Waals surface area contributed by atoms with Crippen LogP contribution in [0.4, 0.5) is 0 Å². The normalized spacial score (nSPS) is 15.1. The van der Waals surface area contributed by atoms with Crippen LogP contribution in [-0.2, 0) is 54.4 Å². The van der Waals surface area contributed by atoms with Crippen molar-refractivity contribution in [2.45, 2.75) is 128 Å². The van der Waals surface area contributed by atoms with Gasteiger partial charge in [-0.2, -0.15) is 0 Å². The van der Waals surface area contributed by atoms with Crippen molar-refractivity contribution in [2.75, 3.05) is 26.3 Å². The highest BCUT2D eigenvalue weighted by Gasteiger charge is 2.34. The topological polar surface area (TPSA) is 400 Å². The van der Waals surface area contributed by atoms with Crippen LogP contribution in [0.3, 0.4) is 0 Å². The summed E-state index contributed by atoms with van der Waals surface area (Å²) in [6.07, 6.45) is 0.911. The average Bonchev–Trinajstić information content (AvgIpc) is 3.26. The number of carboxylic acid groups (broad SMARTS) is 2. The van der Waals surface area contributed by atoms with Gasteiger partial charge in [-0.25, -0.2) is 4.79 Å². The van der Waals surface area contributed by atoms with Gasteiger partial charge in [0.1, 0.15) is 42.3 Å². The maximum atomic E-state index is 13.5. The van der Waals surface area contributed by atoms with Gasteiger partial charge in [0.05, 0.1) is 32.2 Å². The Hall–Kier alpha value is -6.24. The summed E-state index contributed by atoms with van der Waals surface area (Å²) in [6, 6.07) is -2.68. The molecule has 66 heavy (non-hydrogen) atoms. The Morgan fingerprint density at radius 3 is 1.73 bits per heavy atom. The van der Waals surface area contributed by atoms with Crippen molar-refractivity contribution < 1.29 is 68.4 Å². The predicted molar refractivity (Wildman–Crippen MR) is 236 cm³/mol. The van der Waals surface area contributed by atoms with Crippen LogP contribution in [0.1, 0.15) is 78.7 Å². The first-order chi connectivity index (χ1) is 31.1. The van der Waals surface area contributed by atoms with Crippen LogP contribution in [0.15, 0.2) is 30.3 Å². The maximum Gasteiger partial charge on any atom is 0.328 e. The smallest absolute Gasteiger partial charge is 0.328 e. The number of benzene rings is 1. The van der Waals surface area contributed by atoms with Crippen molar-refractivity contribution in [2.24, 2.45) is 23.3 Å². The molecule has 0 radical (unpaired) electrons. The first-order valence-corrected chi connectivity index (χ1v) is 21.6. The Kier molecular flexibility index (Phi) is 26.3. The molecule has 24 heteroatoms. The number of aliphatic carboxylic acids is 2. The SMILES string of the molecule is CC[C@H](C)[C@H](NC(=O)[C@H](CO)NC(=O)[C@H](C)NC(=O)[C@H](CC(C)C)NC(=O)[C@H](CC(=O)O)NC(=O)CNC(=O)[C@H](Cc1ccccc1)NC(=O)[C@@H](N)CCCCN)C(=O)N[C@@H](CO)C(=O)O. The zero-order valence-corrected chi connectivity index (χ0v) is 38.0. The van der Waals surface area contributed by atoms with E-state index in [1.165, 1.54) is 6.92 Å². The number of hydrogen-bond acceptors (Lipinski definition) is 14. The van der Waals surface area contributed by atoms with E-state index < -0.39 is 140 Å². The summed E-state index contributed by atoms with van der Waals surface area (Å²) in [7, 11) is 0. The highest BCUT2D eigenvalue weighted by molar-refractivity contribution is 5.98. The van der Waals surface area contributed by atoms with Gasteiger partial charge in [0, 0.05) is 6.42 Å². The zero-order valence-electron chi connectivity index (χ0n) is 38.0. The molecular formula is C42H68N10O14. The van der Waals surface area contributed by atoms with Gasteiger partial charge in [0.2, 0.25) is 47.3 Å². The van der Waals surface area contributed by atoms with E-state index in [9.17, 15) is 68.4 Å². The number of aliphatic hydroxyl groups is 2. The molecule has 0 saturated carbocycles. The Balaban J connectivity index is 3.07.